The lowest BCUT2D eigenvalue weighted by Crippen LogP contribution is -2.39. The van der Waals surface area contributed by atoms with E-state index >= 15 is 0 Å². The van der Waals surface area contributed by atoms with Gasteiger partial charge in [-0.2, -0.15) is 4.98 Å². The summed E-state index contributed by atoms with van der Waals surface area (Å²) in [5.74, 6) is -1.13. The van der Waals surface area contributed by atoms with Crippen molar-refractivity contribution in [2.24, 2.45) is 5.41 Å². The van der Waals surface area contributed by atoms with Gasteiger partial charge in [0, 0.05) is 27.7 Å². The molecule has 1 aliphatic carbocycles. The van der Waals surface area contributed by atoms with Gasteiger partial charge in [0.2, 0.25) is 0 Å². The van der Waals surface area contributed by atoms with Crippen molar-refractivity contribution in [3.05, 3.63) is 85.9 Å². The van der Waals surface area contributed by atoms with Crippen LogP contribution in [-0.4, -0.2) is 27.3 Å². The number of anilines is 1. The Morgan fingerprint density at radius 3 is 2.15 bits per heavy atom. The summed E-state index contributed by atoms with van der Waals surface area (Å²) >= 11 is 11.8. The lowest BCUT2D eigenvalue weighted by Gasteiger charge is -2.32. The Kier molecular flexibility index (Phi) is 6.29. The quantitative estimate of drug-likeness (QED) is 0.545. The number of imide groups is 1. The van der Waals surface area contributed by atoms with Crippen LogP contribution in [0.3, 0.4) is 0 Å². The number of ketones is 1. The van der Waals surface area contributed by atoms with Crippen molar-refractivity contribution in [1.82, 2.24) is 14.9 Å². The molecule has 10 heteroatoms. The summed E-state index contributed by atoms with van der Waals surface area (Å²) in [6, 6.07) is 11.6. The third kappa shape index (κ3) is 4.88. The molecule has 3 amide bonds. The molecule has 8 nitrogen and oxygen atoms in total. The molecule has 1 aromatic heterocycles. The molecule has 0 aliphatic heterocycles. The van der Waals surface area contributed by atoms with Crippen LogP contribution in [0.2, 0.25) is 10.0 Å². The predicted octanol–water partition coefficient (Wildman–Crippen LogP) is 4.66. The van der Waals surface area contributed by atoms with Crippen molar-refractivity contribution in [1.29, 1.82) is 0 Å². The van der Waals surface area contributed by atoms with Crippen LogP contribution in [0.1, 0.15) is 46.7 Å². The minimum absolute atomic E-state index is 0.142. The van der Waals surface area contributed by atoms with Crippen LogP contribution in [0.15, 0.2) is 53.3 Å². The summed E-state index contributed by atoms with van der Waals surface area (Å²) in [5.41, 5.74) is 0.204. The first kappa shape index (κ1) is 23.7. The van der Waals surface area contributed by atoms with E-state index in [1.165, 1.54) is 28.8 Å². The fraction of sp³-hybridized carbons (Fsp3) is 0.208. The lowest BCUT2D eigenvalue weighted by molar-refractivity contribution is 0.0908. The molecule has 0 spiro atoms. The highest BCUT2D eigenvalue weighted by molar-refractivity contribution is 6.31. The standard InChI is InChI=1S/C24H20Cl2N4O4/c1-24(2)11-17-19(18(31)12-24)20(28-23(34)30(17)16-9-7-15(26)8-10-16)27-22(33)29-21(32)13-3-5-14(25)6-4-13/h3-10H,11-12H2,1-2H3,(H2,27,28,29,32,33,34). The number of Topliss-reactive ketones (excluding diaryl/α,β-unsaturated/α-hetero) is 1. The summed E-state index contributed by atoms with van der Waals surface area (Å²) in [6.45, 7) is 3.85. The number of hydrogen-bond acceptors (Lipinski definition) is 5. The Labute approximate surface area is 204 Å². The molecule has 34 heavy (non-hydrogen) atoms. The van der Waals surface area contributed by atoms with E-state index in [0.29, 0.717) is 27.8 Å². The van der Waals surface area contributed by atoms with E-state index in [-0.39, 0.29) is 29.1 Å². The summed E-state index contributed by atoms with van der Waals surface area (Å²) in [4.78, 5) is 55.0. The Hall–Kier alpha value is -3.49. The number of aromatic nitrogens is 2. The molecule has 0 bridgehead atoms. The molecule has 0 fully saturated rings. The first-order valence-electron chi connectivity index (χ1n) is 10.4. The van der Waals surface area contributed by atoms with Gasteiger partial charge in [-0.3, -0.25) is 24.8 Å². The van der Waals surface area contributed by atoms with E-state index in [1.807, 2.05) is 13.8 Å². The van der Waals surface area contributed by atoms with Crippen molar-refractivity contribution >= 4 is 46.7 Å². The van der Waals surface area contributed by atoms with Gasteiger partial charge < -0.3 is 0 Å². The van der Waals surface area contributed by atoms with Gasteiger partial charge in [0.25, 0.3) is 5.91 Å². The van der Waals surface area contributed by atoms with Gasteiger partial charge in [0.1, 0.15) is 0 Å². The summed E-state index contributed by atoms with van der Waals surface area (Å²) in [6.07, 6.45) is 0.606. The second kappa shape index (κ2) is 9.04. The van der Waals surface area contributed by atoms with Gasteiger partial charge in [0.05, 0.1) is 11.3 Å². The monoisotopic (exact) mass is 498 g/mol. The van der Waals surface area contributed by atoms with E-state index in [4.69, 9.17) is 23.2 Å². The van der Waals surface area contributed by atoms with Gasteiger partial charge in [-0.15, -0.1) is 0 Å². The summed E-state index contributed by atoms with van der Waals surface area (Å²) in [7, 11) is 0. The summed E-state index contributed by atoms with van der Waals surface area (Å²) in [5, 5.41) is 5.51. The predicted molar refractivity (Wildman–Crippen MR) is 129 cm³/mol. The number of fused-ring (bicyclic) bond motifs is 1. The third-order valence-corrected chi connectivity index (χ3v) is 5.91. The maximum absolute atomic E-state index is 13.1. The van der Waals surface area contributed by atoms with Crippen LogP contribution >= 0.6 is 23.2 Å². The smallest absolute Gasteiger partial charge is 0.294 e. The van der Waals surface area contributed by atoms with Crippen LogP contribution in [0.4, 0.5) is 10.6 Å². The Balaban J connectivity index is 1.72. The zero-order valence-electron chi connectivity index (χ0n) is 18.3. The normalized spacial score (nSPS) is 14.3. The molecule has 4 rings (SSSR count). The van der Waals surface area contributed by atoms with Gasteiger partial charge in [-0.1, -0.05) is 37.0 Å². The molecule has 0 saturated carbocycles. The zero-order valence-corrected chi connectivity index (χ0v) is 19.8. The van der Waals surface area contributed by atoms with E-state index < -0.39 is 23.0 Å². The Bertz CT molecular complexity index is 1360. The number of nitrogens with zero attached hydrogens (tertiary/aromatic N) is 2. The molecular formula is C24H20Cl2N4O4. The van der Waals surface area contributed by atoms with Gasteiger partial charge in [-0.25, -0.2) is 9.59 Å². The first-order chi connectivity index (χ1) is 16.0. The number of amides is 3. The third-order valence-electron chi connectivity index (χ3n) is 5.41. The van der Waals surface area contributed by atoms with Gasteiger partial charge in [-0.05, 0) is 60.4 Å². The highest BCUT2D eigenvalue weighted by Gasteiger charge is 2.36. The van der Waals surface area contributed by atoms with E-state index in [1.54, 1.807) is 24.3 Å². The van der Waals surface area contributed by atoms with Crippen LogP contribution in [0, 0.1) is 5.41 Å². The number of carbonyl (C=O) groups is 3. The number of hydrogen-bond donors (Lipinski definition) is 2. The van der Waals surface area contributed by atoms with Crippen molar-refractivity contribution < 1.29 is 14.4 Å². The molecule has 0 unspecified atom stereocenters. The van der Waals surface area contributed by atoms with E-state index in [0.717, 1.165) is 0 Å². The number of rotatable bonds is 3. The van der Waals surface area contributed by atoms with Gasteiger partial charge in [0.15, 0.2) is 11.6 Å². The zero-order chi connectivity index (χ0) is 24.6. The van der Waals surface area contributed by atoms with Crippen molar-refractivity contribution in [3.8, 4) is 5.69 Å². The molecule has 0 saturated heterocycles. The average molecular weight is 499 g/mol. The van der Waals surface area contributed by atoms with Crippen LogP contribution < -0.4 is 16.3 Å². The number of carbonyl (C=O) groups excluding carboxylic acids is 3. The number of nitrogens with one attached hydrogen (secondary N) is 2. The molecule has 1 aliphatic rings. The molecule has 2 N–H and O–H groups in total. The minimum Gasteiger partial charge on any atom is -0.294 e. The molecule has 0 radical (unpaired) electrons. The SMILES string of the molecule is CC1(C)CC(=O)c2c(NC(=O)NC(=O)c3ccc(Cl)cc3)nc(=O)n(-c3ccc(Cl)cc3)c2C1. The van der Waals surface area contributed by atoms with Crippen molar-refractivity contribution in [2.75, 3.05) is 5.32 Å². The van der Waals surface area contributed by atoms with Crippen LogP contribution in [-0.2, 0) is 6.42 Å². The molecule has 1 heterocycles. The molecule has 3 aromatic rings. The largest absolute Gasteiger partial charge is 0.354 e. The second-order valence-electron chi connectivity index (χ2n) is 8.73. The van der Waals surface area contributed by atoms with E-state index in [9.17, 15) is 19.2 Å². The highest BCUT2D eigenvalue weighted by Crippen LogP contribution is 2.37. The van der Waals surface area contributed by atoms with E-state index in [2.05, 4.69) is 15.6 Å². The summed E-state index contributed by atoms with van der Waals surface area (Å²) < 4.78 is 1.35. The topological polar surface area (TPSA) is 110 Å². The number of benzene rings is 2. The lowest BCUT2D eigenvalue weighted by atomic mass is 9.75. The molecular weight excluding hydrogens is 479 g/mol. The molecule has 174 valence electrons. The second-order valence-corrected chi connectivity index (χ2v) is 9.61. The number of urea groups is 1. The Morgan fingerprint density at radius 1 is 0.941 bits per heavy atom. The molecule has 0 atom stereocenters. The maximum atomic E-state index is 13.1. The van der Waals surface area contributed by atoms with Crippen LogP contribution in [0.25, 0.3) is 5.69 Å². The van der Waals surface area contributed by atoms with Gasteiger partial charge >= 0.3 is 11.7 Å². The van der Waals surface area contributed by atoms with Crippen LogP contribution in [0.5, 0.6) is 0 Å². The maximum Gasteiger partial charge on any atom is 0.354 e. The highest BCUT2D eigenvalue weighted by atomic mass is 35.5. The molecule has 2 aromatic carbocycles. The van der Waals surface area contributed by atoms with Crippen molar-refractivity contribution in [3.63, 3.8) is 0 Å². The fourth-order valence-corrected chi connectivity index (χ4v) is 4.18. The first-order valence-corrected chi connectivity index (χ1v) is 11.1. The van der Waals surface area contributed by atoms with Crippen molar-refractivity contribution in [2.45, 2.75) is 26.7 Å². The number of halogens is 2. The minimum atomic E-state index is -0.920. The average Bonchev–Trinajstić information content (AvgIpc) is 2.74. The Morgan fingerprint density at radius 2 is 1.53 bits per heavy atom. The fourth-order valence-electron chi connectivity index (χ4n) is 3.93.